The summed E-state index contributed by atoms with van der Waals surface area (Å²) in [6, 6.07) is 6.89. The molecule has 1 aromatic carbocycles. The number of benzene rings is 1. The molecule has 0 amide bonds. The lowest BCUT2D eigenvalue weighted by molar-refractivity contribution is -0.131. The third-order valence-electron chi connectivity index (χ3n) is 1.78. The van der Waals surface area contributed by atoms with E-state index in [9.17, 15) is 4.79 Å². The largest absolute Gasteiger partial charge is 0.497 e. The van der Waals surface area contributed by atoms with E-state index in [0.29, 0.717) is 23.1 Å². The summed E-state index contributed by atoms with van der Waals surface area (Å²) in [6.45, 7) is 0. The molecular weight excluding hydrogens is 226 g/mol. The van der Waals surface area contributed by atoms with Crippen LogP contribution in [0.25, 0.3) is 6.08 Å². The maximum Gasteiger partial charge on any atom is 0.343 e. The number of hydrogen-bond acceptors (Lipinski definition) is 4. The maximum atomic E-state index is 10.8. The molecule has 16 heavy (non-hydrogen) atoms. The topological polar surface area (TPSA) is 70.3 Å². The first kappa shape index (κ1) is 12.1. The number of aliphatic carboxylic acids is 1. The number of rotatable bonds is 4. The second-order valence-electron chi connectivity index (χ2n) is 2.78. The predicted molar refractivity (Wildman–Crippen MR) is 61.8 cm³/mol. The average molecular weight is 235 g/mol. The number of carbonyl (C=O) groups is 1. The number of ether oxygens (including phenoxy) is 1. The molecule has 0 spiro atoms. The van der Waals surface area contributed by atoms with Crippen molar-refractivity contribution in [1.82, 2.24) is 0 Å². The van der Waals surface area contributed by atoms with Crippen LogP contribution in [0.15, 0.2) is 29.2 Å². The van der Waals surface area contributed by atoms with Gasteiger partial charge in [-0.3, -0.25) is 0 Å². The van der Waals surface area contributed by atoms with Gasteiger partial charge in [-0.2, -0.15) is 5.26 Å². The quantitative estimate of drug-likeness (QED) is 0.640. The smallest absolute Gasteiger partial charge is 0.343 e. The molecule has 5 heteroatoms. The average Bonchev–Trinajstić information content (AvgIpc) is 2.29. The van der Waals surface area contributed by atoms with Crippen LogP contribution in [0, 0.1) is 10.7 Å². The van der Waals surface area contributed by atoms with Crippen LogP contribution in [0.1, 0.15) is 5.56 Å². The second-order valence-corrected chi connectivity index (χ2v) is 3.61. The van der Waals surface area contributed by atoms with Gasteiger partial charge in [-0.05, 0) is 35.5 Å². The van der Waals surface area contributed by atoms with E-state index in [0.717, 1.165) is 0 Å². The number of carboxylic acids is 1. The van der Waals surface area contributed by atoms with E-state index in [1.807, 2.05) is 0 Å². The first-order valence-electron chi connectivity index (χ1n) is 4.32. The minimum Gasteiger partial charge on any atom is -0.497 e. The van der Waals surface area contributed by atoms with Crippen molar-refractivity contribution in [3.8, 4) is 11.2 Å². The van der Waals surface area contributed by atoms with Gasteiger partial charge >= 0.3 is 5.97 Å². The molecule has 0 aliphatic rings. The van der Waals surface area contributed by atoms with Gasteiger partial charge < -0.3 is 9.84 Å². The fraction of sp³-hybridized carbons (Fsp3) is 0.0909. The highest BCUT2D eigenvalue weighted by atomic mass is 32.2. The second kappa shape index (κ2) is 5.83. The Balaban J connectivity index is 2.95. The number of thiocyanates is 1. The summed E-state index contributed by atoms with van der Waals surface area (Å²) in [5, 5.41) is 19.0. The fourth-order valence-electron chi connectivity index (χ4n) is 1.04. The summed E-state index contributed by atoms with van der Waals surface area (Å²) in [7, 11) is 1.55. The van der Waals surface area contributed by atoms with E-state index in [-0.39, 0.29) is 4.91 Å². The SMILES string of the molecule is COc1ccc(/C=C(/SC#N)C(=O)O)cc1. The lowest BCUT2D eigenvalue weighted by Crippen LogP contribution is -1.95. The highest BCUT2D eigenvalue weighted by Crippen LogP contribution is 2.20. The van der Waals surface area contributed by atoms with Crippen molar-refractivity contribution >= 4 is 23.8 Å². The summed E-state index contributed by atoms with van der Waals surface area (Å²) in [5.74, 6) is -0.413. The minimum absolute atomic E-state index is 0.00679. The molecule has 1 rings (SSSR count). The minimum atomic E-state index is -1.11. The van der Waals surface area contributed by atoms with Gasteiger partial charge in [-0.1, -0.05) is 12.1 Å². The summed E-state index contributed by atoms with van der Waals surface area (Å²) in [6.07, 6.45) is 1.44. The van der Waals surface area contributed by atoms with Crippen LogP contribution in [-0.2, 0) is 4.79 Å². The van der Waals surface area contributed by atoms with Crippen molar-refractivity contribution in [2.75, 3.05) is 7.11 Å². The summed E-state index contributed by atoms with van der Waals surface area (Å²) in [4.78, 5) is 10.7. The summed E-state index contributed by atoms with van der Waals surface area (Å²) >= 11 is 0.625. The van der Waals surface area contributed by atoms with Crippen LogP contribution in [-0.4, -0.2) is 18.2 Å². The molecule has 0 aromatic heterocycles. The van der Waals surface area contributed by atoms with Gasteiger partial charge in [0, 0.05) is 0 Å². The monoisotopic (exact) mass is 235 g/mol. The molecule has 0 radical (unpaired) electrons. The lowest BCUT2D eigenvalue weighted by atomic mass is 10.2. The Morgan fingerprint density at radius 2 is 2.12 bits per heavy atom. The highest BCUT2D eigenvalue weighted by Gasteiger charge is 2.07. The fourth-order valence-corrected chi connectivity index (χ4v) is 1.42. The zero-order valence-electron chi connectivity index (χ0n) is 8.51. The normalized spacial score (nSPS) is 10.6. The Labute approximate surface area is 97.2 Å². The molecular formula is C11H9NO3S. The zero-order chi connectivity index (χ0) is 12.0. The first-order chi connectivity index (χ1) is 7.67. The lowest BCUT2D eigenvalue weighted by Gasteiger charge is -2.00. The van der Waals surface area contributed by atoms with Crippen LogP contribution in [0.2, 0.25) is 0 Å². The van der Waals surface area contributed by atoms with Gasteiger partial charge in [0.25, 0.3) is 0 Å². The molecule has 0 aliphatic carbocycles. The number of nitriles is 1. The van der Waals surface area contributed by atoms with E-state index in [4.69, 9.17) is 15.1 Å². The van der Waals surface area contributed by atoms with Crippen molar-refractivity contribution in [1.29, 1.82) is 5.26 Å². The van der Waals surface area contributed by atoms with Gasteiger partial charge in [0.05, 0.1) is 7.11 Å². The van der Waals surface area contributed by atoms with Gasteiger partial charge in [-0.15, -0.1) is 0 Å². The number of hydrogen-bond donors (Lipinski definition) is 1. The van der Waals surface area contributed by atoms with E-state index < -0.39 is 5.97 Å². The van der Waals surface area contributed by atoms with E-state index in [1.165, 1.54) is 6.08 Å². The van der Waals surface area contributed by atoms with Gasteiger partial charge in [0.2, 0.25) is 0 Å². The summed E-state index contributed by atoms with van der Waals surface area (Å²) < 4.78 is 4.97. The highest BCUT2D eigenvalue weighted by molar-refractivity contribution is 8.08. The Morgan fingerprint density at radius 1 is 1.50 bits per heavy atom. The number of nitrogens with zero attached hydrogens (tertiary/aromatic N) is 1. The van der Waals surface area contributed by atoms with Gasteiger partial charge in [0.1, 0.15) is 16.1 Å². The Kier molecular flexibility index (Phi) is 4.42. The van der Waals surface area contributed by atoms with Gasteiger partial charge in [0.15, 0.2) is 0 Å². The van der Waals surface area contributed by atoms with E-state index in [1.54, 1.807) is 36.8 Å². The van der Waals surface area contributed by atoms with Crippen molar-refractivity contribution in [3.05, 3.63) is 34.7 Å². The molecule has 0 atom stereocenters. The Hall–Kier alpha value is -1.93. The van der Waals surface area contributed by atoms with E-state index >= 15 is 0 Å². The molecule has 0 saturated heterocycles. The molecule has 82 valence electrons. The first-order valence-corrected chi connectivity index (χ1v) is 5.14. The molecule has 0 bridgehead atoms. The maximum absolute atomic E-state index is 10.8. The van der Waals surface area contributed by atoms with Crippen molar-refractivity contribution in [3.63, 3.8) is 0 Å². The van der Waals surface area contributed by atoms with Crippen LogP contribution in [0.4, 0.5) is 0 Å². The van der Waals surface area contributed by atoms with Crippen LogP contribution in [0.5, 0.6) is 5.75 Å². The van der Waals surface area contributed by atoms with Crippen molar-refractivity contribution in [2.45, 2.75) is 0 Å². The van der Waals surface area contributed by atoms with Crippen molar-refractivity contribution < 1.29 is 14.6 Å². The number of methoxy groups -OCH3 is 1. The number of carboxylic acid groups (broad SMARTS) is 1. The number of thioether (sulfide) groups is 1. The zero-order valence-corrected chi connectivity index (χ0v) is 9.32. The van der Waals surface area contributed by atoms with Crippen molar-refractivity contribution in [2.24, 2.45) is 0 Å². The molecule has 0 heterocycles. The standard InChI is InChI=1S/C11H9NO3S/c1-15-9-4-2-8(3-5-9)6-10(11(13)14)16-7-12/h2-6H,1H3,(H,13,14)/b10-6+. The Bertz CT molecular complexity index is 445. The molecule has 0 saturated carbocycles. The van der Waals surface area contributed by atoms with Crippen LogP contribution < -0.4 is 4.74 Å². The third-order valence-corrected chi connectivity index (χ3v) is 2.38. The van der Waals surface area contributed by atoms with Crippen LogP contribution in [0.3, 0.4) is 0 Å². The predicted octanol–water partition coefficient (Wildman–Crippen LogP) is 2.33. The molecule has 0 fully saturated rings. The molecule has 0 aliphatic heterocycles. The molecule has 1 N–H and O–H groups in total. The Morgan fingerprint density at radius 3 is 2.56 bits per heavy atom. The van der Waals surface area contributed by atoms with E-state index in [2.05, 4.69) is 0 Å². The van der Waals surface area contributed by atoms with Gasteiger partial charge in [-0.25, -0.2) is 4.79 Å². The summed E-state index contributed by atoms with van der Waals surface area (Å²) in [5.41, 5.74) is 0.709. The third kappa shape index (κ3) is 3.33. The molecule has 4 nitrogen and oxygen atoms in total. The molecule has 1 aromatic rings. The van der Waals surface area contributed by atoms with Crippen LogP contribution >= 0.6 is 11.8 Å². The molecule has 0 unspecified atom stereocenters.